The fraction of sp³-hybridized carbons (Fsp3) is 0.304. The monoisotopic (exact) mass is 470 g/mol. The van der Waals surface area contributed by atoms with Gasteiger partial charge in [0, 0.05) is 34.8 Å². The van der Waals surface area contributed by atoms with Crippen LogP contribution in [0.2, 0.25) is 0 Å². The van der Waals surface area contributed by atoms with E-state index in [9.17, 15) is 19.7 Å². The highest BCUT2D eigenvalue weighted by Crippen LogP contribution is 2.39. The fourth-order valence-electron chi connectivity index (χ4n) is 3.35. The Kier molecular flexibility index (Phi) is 7.91. The first-order valence-corrected chi connectivity index (χ1v) is 10.8. The quantitative estimate of drug-likeness (QED) is 0.343. The van der Waals surface area contributed by atoms with Gasteiger partial charge in [-0.3, -0.25) is 30.6 Å². The van der Waals surface area contributed by atoms with Gasteiger partial charge in [0.2, 0.25) is 5.75 Å². The van der Waals surface area contributed by atoms with Crippen LogP contribution in [0.5, 0.6) is 17.2 Å². The SMILES string of the molecule is CCOc1cc(C(=O)NNC(=O)Cn2ccc3cc([N+](=O)[O-])ccc32)cc(OCC)c1OCC. The molecular weight excluding hydrogens is 444 g/mol. The summed E-state index contributed by atoms with van der Waals surface area (Å²) in [7, 11) is 0. The summed E-state index contributed by atoms with van der Waals surface area (Å²) in [6.45, 7) is 6.47. The molecule has 0 aliphatic rings. The van der Waals surface area contributed by atoms with E-state index in [1.54, 1.807) is 22.9 Å². The molecule has 0 saturated carbocycles. The number of ether oxygens (including phenoxy) is 3. The molecule has 180 valence electrons. The summed E-state index contributed by atoms with van der Waals surface area (Å²) in [6.07, 6.45) is 1.64. The van der Waals surface area contributed by atoms with E-state index >= 15 is 0 Å². The molecule has 0 unspecified atom stereocenters. The second-order valence-electron chi connectivity index (χ2n) is 7.05. The summed E-state index contributed by atoms with van der Waals surface area (Å²) >= 11 is 0. The summed E-state index contributed by atoms with van der Waals surface area (Å²) in [5.74, 6) is 0.0855. The minimum absolute atomic E-state index is 0.0323. The zero-order valence-electron chi connectivity index (χ0n) is 19.1. The van der Waals surface area contributed by atoms with E-state index < -0.39 is 16.7 Å². The van der Waals surface area contributed by atoms with E-state index in [2.05, 4.69) is 10.9 Å². The predicted molar refractivity (Wildman–Crippen MR) is 124 cm³/mol. The molecule has 0 saturated heterocycles. The van der Waals surface area contributed by atoms with E-state index in [4.69, 9.17) is 14.2 Å². The van der Waals surface area contributed by atoms with Crippen LogP contribution in [0, 0.1) is 10.1 Å². The van der Waals surface area contributed by atoms with Crippen molar-refractivity contribution < 1.29 is 28.7 Å². The number of nitro benzene ring substituents is 1. The number of nitrogens with one attached hydrogen (secondary N) is 2. The molecular formula is C23H26N4O7. The number of carbonyl (C=O) groups excluding carboxylic acids is 2. The number of nitrogens with zero attached hydrogens (tertiary/aromatic N) is 2. The highest BCUT2D eigenvalue weighted by atomic mass is 16.6. The molecule has 34 heavy (non-hydrogen) atoms. The van der Waals surface area contributed by atoms with Crippen LogP contribution in [-0.2, 0) is 11.3 Å². The van der Waals surface area contributed by atoms with Gasteiger partial charge in [-0.2, -0.15) is 0 Å². The number of rotatable bonds is 10. The second-order valence-corrected chi connectivity index (χ2v) is 7.05. The van der Waals surface area contributed by atoms with E-state index in [1.165, 1.54) is 24.3 Å². The van der Waals surface area contributed by atoms with Crippen molar-refractivity contribution in [2.24, 2.45) is 0 Å². The molecule has 2 aromatic carbocycles. The summed E-state index contributed by atoms with van der Waals surface area (Å²) in [5, 5.41) is 11.6. The number of hydrogen-bond acceptors (Lipinski definition) is 7. The lowest BCUT2D eigenvalue weighted by molar-refractivity contribution is -0.384. The van der Waals surface area contributed by atoms with Gasteiger partial charge in [0.15, 0.2) is 11.5 Å². The van der Waals surface area contributed by atoms with Crippen molar-refractivity contribution in [2.75, 3.05) is 19.8 Å². The number of fused-ring (bicyclic) bond motifs is 1. The Morgan fingerprint density at radius 1 is 0.941 bits per heavy atom. The lowest BCUT2D eigenvalue weighted by Crippen LogP contribution is -2.43. The standard InChI is InChI=1S/C23H26N4O7/c1-4-32-19-12-16(13-20(33-5-2)22(19)34-6-3)23(29)25-24-21(28)14-26-10-9-15-11-17(27(30)31)7-8-18(15)26/h7-13H,4-6,14H2,1-3H3,(H,24,28)(H,25,29). The van der Waals surface area contributed by atoms with Crippen molar-refractivity contribution in [1.82, 2.24) is 15.4 Å². The summed E-state index contributed by atoms with van der Waals surface area (Å²) < 4.78 is 18.5. The average Bonchev–Trinajstić information content (AvgIpc) is 3.21. The molecule has 0 spiro atoms. The van der Waals surface area contributed by atoms with Gasteiger partial charge in [-0.05, 0) is 45.0 Å². The fourth-order valence-corrected chi connectivity index (χ4v) is 3.35. The average molecular weight is 470 g/mol. The molecule has 1 aromatic heterocycles. The maximum absolute atomic E-state index is 12.7. The van der Waals surface area contributed by atoms with Gasteiger partial charge >= 0.3 is 0 Å². The predicted octanol–water partition coefficient (Wildman–Crippen LogP) is 3.21. The molecule has 0 aliphatic carbocycles. The lowest BCUT2D eigenvalue weighted by atomic mass is 10.1. The number of hydrazine groups is 1. The Morgan fingerprint density at radius 2 is 1.59 bits per heavy atom. The molecule has 3 rings (SSSR count). The van der Waals surface area contributed by atoms with E-state index in [1.807, 2.05) is 20.8 Å². The Hall–Kier alpha value is -4.28. The van der Waals surface area contributed by atoms with Gasteiger partial charge in [0.05, 0.1) is 24.7 Å². The van der Waals surface area contributed by atoms with Crippen LogP contribution in [0.15, 0.2) is 42.6 Å². The minimum atomic E-state index is -0.564. The van der Waals surface area contributed by atoms with Gasteiger partial charge in [-0.15, -0.1) is 0 Å². The Morgan fingerprint density at radius 3 is 2.18 bits per heavy atom. The Balaban J connectivity index is 1.70. The first kappa shape index (κ1) is 24.4. The summed E-state index contributed by atoms with van der Waals surface area (Å²) in [6, 6.07) is 9.10. The smallest absolute Gasteiger partial charge is 0.270 e. The molecule has 0 atom stereocenters. The van der Waals surface area contributed by atoms with Crippen LogP contribution >= 0.6 is 0 Å². The maximum Gasteiger partial charge on any atom is 0.270 e. The van der Waals surface area contributed by atoms with Gasteiger partial charge in [-0.25, -0.2) is 0 Å². The van der Waals surface area contributed by atoms with Crippen LogP contribution in [-0.4, -0.2) is 41.1 Å². The van der Waals surface area contributed by atoms with Crippen molar-refractivity contribution in [2.45, 2.75) is 27.3 Å². The van der Waals surface area contributed by atoms with Crippen molar-refractivity contribution in [3.05, 3.63) is 58.3 Å². The minimum Gasteiger partial charge on any atom is -0.490 e. The molecule has 11 heteroatoms. The Bertz CT molecular complexity index is 1180. The molecule has 3 aromatic rings. The molecule has 2 N–H and O–H groups in total. The van der Waals surface area contributed by atoms with Crippen LogP contribution < -0.4 is 25.1 Å². The largest absolute Gasteiger partial charge is 0.490 e. The molecule has 0 fully saturated rings. The summed E-state index contributed by atoms with van der Waals surface area (Å²) in [4.78, 5) is 35.6. The number of hydrogen-bond donors (Lipinski definition) is 2. The first-order chi connectivity index (χ1) is 16.4. The maximum atomic E-state index is 12.7. The third-order valence-corrected chi connectivity index (χ3v) is 4.77. The van der Waals surface area contributed by atoms with Crippen molar-refractivity contribution in [3.63, 3.8) is 0 Å². The molecule has 1 heterocycles. The highest BCUT2D eigenvalue weighted by Gasteiger charge is 2.19. The molecule has 2 amide bonds. The number of benzene rings is 2. The normalized spacial score (nSPS) is 10.6. The summed E-state index contributed by atoms with van der Waals surface area (Å²) in [5.41, 5.74) is 5.59. The first-order valence-electron chi connectivity index (χ1n) is 10.8. The van der Waals surface area contributed by atoms with Crippen LogP contribution in [0.3, 0.4) is 0 Å². The van der Waals surface area contributed by atoms with Crippen molar-refractivity contribution in [3.8, 4) is 17.2 Å². The van der Waals surface area contributed by atoms with Crippen LogP contribution in [0.4, 0.5) is 5.69 Å². The number of aromatic nitrogens is 1. The van der Waals surface area contributed by atoms with Gasteiger partial charge in [-0.1, -0.05) is 0 Å². The number of nitro groups is 1. The molecule has 0 aliphatic heterocycles. The Labute approximate surface area is 195 Å². The van der Waals surface area contributed by atoms with E-state index in [0.717, 1.165) is 0 Å². The van der Waals surface area contributed by atoms with Crippen LogP contribution in [0.25, 0.3) is 10.9 Å². The number of non-ortho nitro benzene ring substituents is 1. The topological polar surface area (TPSA) is 134 Å². The lowest BCUT2D eigenvalue weighted by Gasteiger charge is -2.17. The molecule has 11 nitrogen and oxygen atoms in total. The van der Waals surface area contributed by atoms with Gasteiger partial charge in [0.1, 0.15) is 6.54 Å². The zero-order valence-corrected chi connectivity index (χ0v) is 19.1. The third kappa shape index (κ3) is 5.55. The van der Waals surface area contributed by atoms with Crippen molar-refractivity contribution in [1.29, 1.82) is 0 Å². The van der Waals surface area contributed by atoms with Gasteiger partial charge < -0.3 is 18.8 Å². The van der Waals surface area contributed by atoms with Crippen molar-refractivity contribution >= 4 is 28.4 Å². The van der Waals surface area contributed by atoms with E-state index in [0.29, 0.717) is 48.0 Å². The van der Waals surface area contributed by atoms with Gasteiger partial charge in [0.25, 0.3) is 17.5 Å². The second kappa shape index (κ2) is 11.0. The van der Waals surface area contributed by atoms with Crippen LogP contribution in [0.1, 0.15) is 31.1 Å². The molecule has 0 radical (unpaired) electrons. The molecule has 0 bridgehead atoms. The highest BCUT2D eigenvalue weighted by molar-refractivity contribution is 5.96. The zero-order chi connectivity index (χ0) is 24.7. The number of amides is 2. The third-order valence-electron chi connectivity index (χ3n) is 4.77. The van der Waals surface area contributed by atoms with E-state index in [-0.39, 0.29) is 17.8 Å². The number of carbonyl (C=O) groups is 2.